The highest BCUT2D eigenvalue weighted by Gasteiger charge is 2.26. The van der Waals surface area contributed by atoms with E-state index in [0.29, 0.717) is 0 Å². The third-order valence-corrected chi connectivity index (χ3v) is 11.2. The van der Waals surface area contributed by atoms with Crippen molar-refractivity contribution >= 4 is 10.1 Å². The first kappa shape index (κ1) is 46.8. The summed E-state index contributed by atoms with van der Waals surface area (Å²) in [6, 6.07) is 6.65. The molecule has 5 heteroatoms. The molecule has 51 heavy (non-hydrogen) atoms. The van der Waals surface area contributed by atoms with Crippen LogP contribution < -0.4 is 0 Å². The number of allylic oxidation sites excluding steroid dienone is 9. The lowest BCUT2D eigenvalue weighted by atomic mass is 9.72. The molecule has 4 nitrogen and oxygen atoms in total. The van der Waals surface area contributed by atoms with E-state index >= 15 is 0 Å². The van der Waals surface area contributed by atoms with Crippen molar-refractivity contribution in [2.75, 3.05) is 34.3 Å². The van der Waals surface area contributed by atoms with E-state index in [9.17, 15) is 8.42 Å². The number of rotatable bonds is 23. The third kappa shape index (κ3) is 23.2. The molecule has 0 unspecified atom stereocenters. The van der Waals surface area contributed by atoms with Crippen LogP contribution in [0, 0.1) is 12.3 Å². The van der Waals surface area contributed by atoms with E-state index in [0.717, 1.165) is 15.6 Å². The summed E-state index contributed by atoms with van der Waals surface area (Å²) in [5.41, 5.74) is 6.32. The second kappa shape index (κ2) is 25.7. The zero-order chi connectivity index (χ0) is 38.2. The predicted molar refractivity (Wildman–Crippen MR) is 224 cm³/mol. The first-order valence-electron chi connectivity index (χ1n) is 20.2. The van der Waals surface area contributed by atoms with Gasteiger partial charge in [-0.15, -0.1) is 0 Å². The molecule has 1 aromatic carbocycles. The fraction of sp³-hybridized carbons (Fsp3) is 0.652. The van der Waals surface area contributed by atoms with Crippen LogP contribution in [0.15, 0.2) is 87.9 Å². The van der Waals surface area contributed by atoms with Gasteiger partial charge in [0.05, 0.1) is 39.2 Å². The third-order valence-electron chi connectivity index (χ3n) is 9.89. The van der Waals surface area contributed by atoms with Crippen LogP contribution in [0.1, 0.15) is 156 Å². The van der Waals surface area contributed by atoms with Gasteiger partial charge in [-0.2, -0.15) is 8.42 Å². The van der Waals surface area contributed by atoms with Gasteiger partial charge in [0, 0.05) is 0 Å². The molecule has 0 spiro atoms. The fourth-order valence-electron chi connectivity index (χ4n) is 6.51. The van der Waals surface area contributed by atoms with Gasteiger partial charge < -0.3 is 4.48 Å². The van der Waals surface area contributed by atoms with Crippen molar-refractivity contribution in [2.24, 2.45) is 5.41 Å². The minimum absolute atomic E-state index is 0.0114. The second-order valence-corrected chi connectivity index (χ2v) is 18.3. The summed E-state index contributed by atoms with van der Waals surface area (Å²) in [6.45, 7) is 16.5. The summed E-state index contributed by atoms with van der Waals surface area (Å²) >= 11 is 0. The molecule has 0 N–H and O–H groups in total. The Morgan fingerprint density at radius 3 is 1.82 bits per heavy atom. The molecule has 0 bridgehead atoms. The summed E-state index contributed by atoms with van der Waals surface area (Å²) in [5.74, 6) is 0. The predicted octanol–water partition coefficient (Wildman–Crippen LogP) is 13.4. The summed E-state index contributed by atoms with van der Waals surface area (Å²) in [5, 5.41) is 0. The Morgan fingerprint density at radius 1 is 0.784 bits per heavy atom. The zero-order valence-corrected chi connectivity index (χ0v) is 35.6. The molecule has 0 radical (unpaired) electrons. The SMILES string of the molecule is CC1=C(/C=C/C(C)=C/C=C/C(C)=C/COS(=O)(=O)c2ccc(C)cc2)C(C)(C)CCC1.CCCCCCCCCCCCCCCC[N+](C)(C)C. The fourth-order valence-corrected chi connectivity index (χ4v) is 7.36. The van der Waals surface area contributed by atoms with Crippen LogP contribution in [0.3, 0.4) is 0 Å². The molecule has 0 fully saturated rings. The number of benzene rings is 1. The molecule has 0 atom stereocenters. The Kier molecular flexibility index (Phi) is 23.6. The maximum absolute atomic E-state index is 12.2. The van der Waals surface area contributed by atoms with Crippen molar-refractivity contribution in [1.82, 2.24) is 0 Å². The number of quaternary nitrogens is 1. The largest absolute Gasteiger partial charge is 0.331 e. The van der Waals surface area contributed by atoms with Gasteiger partial charge in [-0.25, -0.2) is 0 Å². The highest BCUT2D eigenvalue weighted by atomic mass is 32.2. The first-order chi connectivity index (χ1) is 24.1. The van der Waals surface area contributed by atoms with Gasteiger partial charge in [-0.3, -0.25) is 4.18 Å². The van der Waals surface area contributed by atoms with E-state index in [1.807, 2.05) is 26.0 Å². The van der Waals surface area contributed by atoms with Crippen molar-refractivity contribution in [3.63, 3.8) is 0 Å². The Bertz CT molecular complexity index is 1350. The van der Waals surface area contributed by atoms with E-state index in [2.05, 4.69) is 74.0 Å². The van der Waals surface area contributed by atoms with Crippen LogP contribution in [0.25, 0.3) is 0 Å². The molecule has 2 rings (SSSR count). The van der Waals surface area contributed by atoms with Gasteiger partial charge in [0.15, 0.2) is 0 Å². The van der Waals surface area contributed by atoms with E-state index in [-0.39, 0.29) is 16.9 Å². The first-order valence-corrected chi connectivity index (χ1v) is 21.6. The Hall–Kier alpha value is -2.21. The summed E-state index contributed by atoms with van der Waals surface area (Å²) in [6.07, 6.45) is 36.3. The lowest BCUT2D eigenvalue weighted by Gasteiger charge is -2.32. The molecule has 0 saturated carbocycles. The standard InChI is InChI=1S/C27H36O3S.C19H42N/c1-21(14-17-26-24(4)11-8-19-27(26,5)6)9-7-10-22(2)18-20-30-31(28,29)25-15-12-23(3)13-16-25;1-5-6-7-8-9-10-11-12-13-14-15-16-17-18-19-20(2,3)4/h7,9-10,12-18H,8,11,19-20H2,1-6H3;5-19H2,1-4H3/q;+1/b10-7+,17-14+,21-9+,22-18+;. The number of aryl methyl sites for hydroxylation is 1. The number of nitrogens with zero attached hydrogens (tertiary/aromatic N) is 1. The molecule has 0 heterocycles. The van der Waals surface area contributed by atoms with Gasteiger partial charge in [0.2, 0.25) is 0 Å². The van der Waals surface area contributed by atoms with Crippen LogP contribution in [0.2, 0.25) is 0 Å². The van der Waals surface area contributed by atoms with Gasteiger partial charge in [-0.1, -0.05) is 169 Å². The Labute approximate surface area is 316 Å². The van der Waals surface area contributed by atoms with Gasteiger partial charge in [0.1, 0.15) is 0 Å². The smallest absolute Gasteiger partial charge is 0.297 e. The van der Waals surface area contributed by atoms with Crippen LogP contribution in [0.4, 0.5) is 0 Å². The highest BCUT2D eigenvalue weighted by molar-refractivity contribution is 7.86. The number of unbranched alkanes of at least 4 members (excludes halogenated alkanes) is 13. The number of hydrogen-bond acceptors (Lipinski definition) is 3. The van der Waals surface area contributed by atoms with Gasteiger partial charge in [0.25, 0.3) is 10.1 Å². The molecule has 0 aliphatic heterocycles. The molecule has 1 aromatic rings. The zero-order valence-electron chi connectivity index (χ0n) is 34.8. The molecule has 0 aromatic heterocycles. The molecular weight excluding hydrogens is 647 g/mol. The second-order valence-electron chi connectivity index (χ2n) is 16.6. The molecule has 1 aliphatic rings. The van der Waals surface area contributed by atoms with E-state index < -0.39 is 10.1 Å². The van der Waals surface area contributed by atoms with Crippen LogP contribution in [-0.2, 0) is 14.3 Å². The minimum Gasteiger partial charge on any atom is -0.331 e. The van der Waals surface area contributed by atoms with Crippen molar-refractivity contribution in [2.45, 2.75) is 163 Å². The van der Waals surface area contributed by atoms with E-state index in [4.69, 9.17) is 4.18 Å². The van der Waals surface area contributed by atoms with E-state index in [1.165, 1.54) is 132 Å². The summed E-state index contributed by atoms with van der Waals surface area (Å²) in [7, 11) is 3.15. The maximum atomic E-state index is 12.2. The van der Waals surface area contributed by atoms with Crippen LogP contribution in [-0.4, -0.2) is 47.2 Å². The van der Waals surface area contributed by atoms with Crippen molar-refractivity contribution in [3.05, 3.63) is 88.6 Å². The topological polar surface area (TPSA) is 43.4 Å². The molecule has 1 aliphatic carbocycles. The monoisotopic (exact) mass is 725 g/mol. The van der Waals surface area contributed by atoms with E-state index in [1.54, 1.807) is 30.3 Å². The Balaban J connectivity index is 0.000000564. The molecule has 0 saturated heterocycles. The lowest BCUT2D eigenvalue weighted by Crippen LogP contribution is -2.35. The van der Waals surface area contributed by atoms with Crippen molar-refractivity contribution < 1.29 is 17.1 Å². The molecule has 290 valence electrons. The van der Waals surface area contributed by atoms with Crippen LogP contribution >= 0.6 is 0 Å². The van der Waals surface area contributed by atoms with Gasteiger partial charge in [-0.05, 0) is 82.9 Å². The minimum atomic E-state index is -3.73. The summed E-state index contributed by atoms with van der Waals surface area (Å²) < 4.78 is 30.7. The molecule has 0 amide bonds. The summed E-state index contributed by atoms with van der Waals surface area (Å²) in [4.78, 5) is 0.177. The van der Waals surface area contributed by atoms with Crippen molar-refractivity contribution in [1.29, 1.82) is 0 Å². The average Bonchev–Trinajstić information content (AvgIpc) is 3.04. The quantitative estimate of drug-likeness (QED) is 0.0488. The lowest BCUT2D eigenvalue weighted by molar-refractivity contribution is -0.870. The highest BCUT2D eigenvalue weighted by Crippen LogP contribution is 2.40. The van der Waals surface area contributed by atoms with Gasteiger partial charge >= 0.3 is 0 Å². The average molecular weight is 725 g/mol. The number of hydrogen-bond donors (Lipinski definition) is 0. The van der Waals surface area contributed by atoms with Crippen LogP contribution in [0.5, 0.6) is 0 Å². The maximum Gasteiger partial charge on any atom is 0.297 e. The van der Waals surface area contributed by atoms with Crippen molar-refractivity contribution in [3.8, 4) is 0 Å². The molecular formula is C46H78NO3S+. The normalized spacial score (nSPS) is 15.9. The Morgan fingerprint density at radius 2 is 1.31 bits per heavy atom.